The molecule has 1 saturated heterocycles. The maximum atomic E-state index is 11.2. The van der Waals surface area contributed by atoms with Crippen LogP contribution in [-0.4, -0.2) is 36.1 Å². The number of esters is 1. The van der Waals surface area contributed by atoms with Crippen molar-refractivity contribution in [3.63, 3.8) is 0 Å². The number of carbonyl (C=O) groups is 1. The number of nitrogens with zero attached hydrogens (tertiary/aromatic N) is 1. The molecule has 0 spiro atoms. The van der Waals surface area contributed by atoms with Gasteiger partial charge in [-0.05, 0) is 27.2 Å². The van der Waals surface area contributed by atoms with Crippen molar-refractivity contribution in [2.75, 3.05) is 13.7 Å². The molecule has 1 fully saturated rings. The Kier molecular flexibility index (Phi) is 2.42. The van der Waals surface area contributed by atoms with Gasteiger partial charge in [0.1, 0.15) is 6.04 Å². The summed E-state index contributed by atoms with van der Waals surface area (Å²) >= 11 is 0. The Hall–Kier alpha value is -0.570. The lowest BCUT2D eigenvalue weighted by molar-refractivity contribution is -0.156. The number of hydrogen-bond donors (Lipinski definition) is 0. The molecule has 0 aromatic carbocycles. The maximum Gasteiger partial charge on any atom is 0.323 e. The SMILES string of the molecule is COC(=O)C1CCN1C(C)(C)C. The summed E-state index contributed by atoms with van der Waals surface area (Å²) in [7, 11) is 1.45. The van der Waals surface area contributed by atoms with Crippen LogP contribution < -0.4 is 0 Å². The van der Waals surface area contributed by atoms with Gasteiger partial charge in [0.2, 0.25) is 0 Å². The van der Waals surface area contributed by atoms with Crippen LogP contribution in [0.1, 0.15) is 27.2 Å². The fourth-order valence-electron chi connectivity index (χ4n) is 1.57. The van der Waals surface area contributed by atoms with Crippen molar-refractivity contribution in [2.24, 2.45) is 0 Å². The van der Waals surface area contributed by atoms with Crippen molar-refractivity contribution in [1.82, 2.24) is 4.90 Å². The number of carbonyl (C=O) groups excluding carboxylic acids is 1. The molecule has 70 valence electrons. The van der Waals surface area contributed by atoms with Crippen molar-refractivity contribution in [2.45, 2.75) is 38.8 Å². The van der Waals surface area contributed by atoms with Crippen molar-refractivity contribution < 1.29 is 9.53 Å². The Labute approximate surface area is 73.7 Å². The highest BCUT2D eigenvalue weighted by molar-refractivity contribution is 5.76. The van der Waals surface area contributed by atoms with Crippen molar-refractivity contribution in [3.8, 4) is 0 Å². The fraction of sp³-hybridized carbons (Fsp3) is 0.889. The van der Waals surface area contributed by atoms with Crippen molar-refractivity contribution in [3.05, 3.63) is 0 Å². The molecule has 1 rings (SSSR count). The van der Waals surface area contributed by atoms with Gasteiger partial charge in [0.25, 0.3) is 0 Å². The van der Waals surface area contributed by atoms with Crippen LogP contribution in [0.15, 0.2) is 0 Å². The van der Waals surface area contributed by atoms with Crippen molar-refractivity contribution >= 4 is 5.97 Å². The lowest BCUT2D eigenvalue weighted by atomic mass is 9.93. The van der Waals surface area contributed by atoms with Gasteiger partial charge in [-0.1, -0.05) is 0 Å². The van der Waals surface area contributed by atoms with Gasteiger partial charge in [-0.15, -0.1) is 0 Å². The van der Waals surface area contributed by atoms with Gasteiger partial charge in [0, 0.05) is 12.1 Å². The third-order valence-corrected chi connectivity index (χ3v) is 2.35. The number of ether oxygens (including phenoxy) is 1. The van der Waals surface area contributed by atoms with Crippen LogP contribution in [0.25, 0.3) is 0 Å². The molecule has 1 unspecified atom stereocenters. The monoisotopic (exact) mass is 171 g/mol. The normalized spacial score (nSPS) is 24.8. The van der Waals surface area contributed by atoms with Crippen LogP contribution >= 0.6 is 0 Å². The molecule has 0 saturated carbocycles. The molecule has 1 aliphatic heterocycles. The molecular formula is C9H17NO2. The minimum Gasteiger partial charge on any atom is -0.468 e. The molecule has 0 N–H and O–H groups in total. The van der Waals surface area contributed by atoms with E-state index in [2.05, 4.69) is 25.7 Å². The summed E-state index contributed by atoms with van der Waals surface area (Å²) in [5.41, 5.74) is 0.0805. The third kappa shape index (κ3) is 1.61. The number of rotatable bonds is 1. The average Bonchev–Trinajstić information content (AvgIpc) is 1.80. The van der Waals surface area contributed by atoms with Gasteiger partial charge in [-0.2, -0.15) is 0 Å². The molecule has 12 heavy (non-hydrogen) atoms. The van der Waals surface area contributed by atoms with E-state index in [1.54, 1.807) is 0 Å². The molecule has 0 amide bonds. The smallest absolute Gasteiger partial charge is 0.323 e. The fourth-order valence-corrected chi connectivity index (χ4v) is 1.57. The summed E-state index contributed by atoms with van der Waals surface area (Å²) in [4.78, 5) is 13.4. The first kappa shape index (κ1) is 9.52. The predicted molar refractivity (Wildman–Crippen MR) is 46.9 cm³/mol. The number of likely N-dealkylation sites (tertiary alicyclic amines) is 1. The van der Waals surface area contributed by atoms with E-state index < -0.39 is 0 Å². The van der Waals surface area contributed by atoms with Crippen LogP contribution in [0.4, 0.5) is 0 Å². The largest absolute Gasteiger partial charge is 0.468 e. The molecule has 3 nitrogen and oxygen atoms in total. The van der Waals surface area contributed by atoms with Crippen LogP contribution in [0.3, 0.4) is 0 Å². The average molecular weight is 171 g/mol. The summed E-state index contributed by atoms with van der Waals surface area (Å²) in [5.74, 6) is -0.101. The molecule has 0 radical (unpaired) electrons. The van der Waals surface area contributed by atoms with Gasteiger partial charge in [-0.3, -0.25) is 9.69 Å². The Balaban J connectivity index is 2.55. The minimum absolute atomic E-state index is 0.00463. The highest BCUT2D eigenvalue weighted by atomic mass is 16.5. The lowest BCUT2D eigenvalue weighted by Gasteiger charge is -2.47. The first-order chi connectivity index (χ1) is 5.46. The van der Waals surface area contributed by atoms with E-state index >= 15 is 0 Å². The summed E-state index contributed by atoms with van der Waals surface area (Å²) in [6, 6.07) is -0.00463. The summed E-state index contributed by atoms with van der Waals surface area (Å²) in [6.07, 6.45) is 0.934. The Morgan fingerprint density at radius 3 is 2.33 bits per heavy atom. The molecule has 0 aromatic heterocycles. The third-order valence-electron chi connectivity index (χ3n) is 2.35. The molecule has 1 atom stereocenters. The number of methoxy groups -OCH3 is 1. The van der Waals surface area contributed by atoms with Gasteiger partial charge in [0.15, 0.2) is 0 Å². The van der Waals surface area contributed by atoms with Gasteiger partial charge < -0.3 is 4.74 Å². The van der Waals surface area contributed by atoms with E-state index in [9.17, 15) is 4.79 Å². The molecule has 0 aromatic rings. The topological polar surface area (TPSA) is 29.5 Å². The number of hydrogen-bond acceptors (Lipinski definition) is 3. The Bertz CT molecular complexity index is 183. The molecular weight excluding hydrogens is 154 g/mol. The standard InChI is InChI=1S/C9H17NO2/c1-9(2,3)10-6-5-7(10)8(11)12-4/h7H,5-6H2,1-4H3. The van der Waals surface area contributed by atoms with Crippen LogP contribution in [0, 0.1) is 0 Å². The van der Waals surface area contributed by atoms with E-state index in [-0.39, 0.29) is 17.6 Å². The molecule has 0 bridgehead atoms. The quantitative estimate of drug-likeness (QED) is 0.552. The lowest BCUT2D eigenvalue weighted by Crippen LogP contribution is -2.60. The Morgan fingerprint density at radius 2 is 2.08 bits per heavy atom. The van der Waals surface area contributed by atoms with Crippen LogP contribution in [0.2, 0.25) is 0 Å². The minimum atomic E-state index is -0.101. The zero-order valence-electron chi connectivity index (χ0n) is 8.26. The summed E-state index contributed by atoms with van der Waals surface area (Å²) in [6.45, 7) is 7.34. The van der Waals surface area contributed by atoms with E-state index in [0.29, 0.717) is 0 Å². The van der Waals surface area contributed by atoms with Crippen LogP contribution in [-0.2, 0) is 9.53 Å². The molecule has 1 aliphatic rings. The highest BCUT2D eigenvalue weighted by Gasteiger charge is 2.40. The summed E-state index contributed by atoms with van der Waals surface area (Å²) < 4.78 is 4.70. The predicted octanol–water partition coefficient (Wildman–Crippen LogP) is 1.03. The molecule has 1 heterocycles. The van der Waals surface area contributed by atoms with E-state index in [4.69, 9.17) is 4.74 Å². The van der Waals surface area contributed by atoms with E-state index in [1.807, 2.05) is 0 Å². The Morgan fingerprint density at radius 1 is 1.50 bits per heavy atom. The van der Waals surface area contributed by atoms with Crippen LogP contribution in [0.5, 0.6) is 0 Å². The second kappa shape index (κ2) is 3.05. The maximum absolute atomic E-state index is 11.2. The molecule has 3 heteroatoms. The zero-order valence-corrected chi connectivity index (χ0v) is 8.26. The second-order valence-electron chi connectivity index (χ2n) is 4.19. The van der Waals surface area contributed by atoms with E-state index in [0.717, 1.165) is 13.0 Å². The first-order valence-corrected chi connectivity index (χ1v) is 4.31. The highest BCUT2D eigenvalue weighted by Crippen LogP contribution is 2.27. The van der Waals surface area contributed by atoms with Gasteiger partial charge in [-0.25, -0.2) is 0 Å². The summed E-state index contributed by atoms with van der Waals surface area (Å²) in [5, 5.41) is 0. The first-order valence-electron chi connectivity index (χ1n) is 4.31. The molecule has 0 aliphatic carbocycles. The van der Waals surface area contributed by atoms with Gasteiger partial charge in [0.05, 0.1) is 7.11 Å². The second-order valence-corrected chi connectivity index (χ2v) is 4.19. The zero-order chi connectivity index (χ0) is 9.35. The van der Waals surface area contributed by atoms with E-state index in [1.165, 1.54) is 7.11 Å². The van der Waals surface area contributed by atoms with Gasteiger partial charge >= 0.3 is 5.97 Å². The van der Waals surface area contributed by atoms with Crippen molar-refractivity contribution in [1.29, 1.82) is 0 Å².